The maximum atomic E-state index is 12.6. The fraction of sp³-hybridized carbons (Fsp3) is 0. The predicted octanol–water partition coefficient (Wildman–Crippen LogP) is 5.88. The van der Waals surface area contributed by atoms with Gasteiger partial charge in [0.1, 0.15) is 11.3 Å². The molecule has 9 heteroatoms. The number of carbonyl (C=O) groups excluding carboxylic acids is 1. The van der Waals surface area contributed by atoms with Crippen LogP contribution >= 0.6 is 0 Å². The fourth-order valence-electron chi connectivity index (χ4n) is 4.65. The van der Waals surface area contributed by atoms with Crippen molar-refractivity contribution in [1.29, 1.82) is 0 Å². The van der Waals surface area contributed by atoms with E-state index in [1.54, 1.807) is 43.1 Å². The van der Waals surface area contributed by atoms with E-state index in [0.717, 1.165) is 50.1 Å². The molecule has 0 atom stereocenters. The summed E-state index contributed by atoms with van der Waals surface area (Å²) in [4.78, 5) is 33.7. The Morgan fingerprint density at radius 2 is 1.59 bits per heavy atom. The molecule has 0 aliphatic heterocycles. The summed E-state index contributed by atoms with van der Waals surface area (Å²) >= 11 is 0. The van der Waals surface area contributed by atoms with Crippen molar-refractivity contribution in [2.24, 2.45) is 0 Å². The second kappa shape index (κ2) is 9.31. The number of benzene rings is 1. The van der Waals surface area contributed by atoms with Gasteiger partial charge in [0.25, 0.3) is 5.91 Å². The van der Waals surface area contributed by atoms with Gasteiger partial charge in [0.15, 0.2) is 5.65 Å². The smallest absolute Gasteiger partial charge is 0.255 e. The molecule has 1 amide bonds. The topological polar surface area (TPSA) is 125 Å². The van der Waals surface area contributed by atoms with E-state index in [1.807, 2.05) is 60.8 Å². The summed E-state index contributed by atoms with van der Waals surface area (Å²) in [5.74, 6) is -0.196. The summed E-state index contributed by atoms with van der Waals surface area (Å²) in [6.45, 7) is 0. The van der Waals surface area contributed by atoms with Gasteiger partial charge in [-0.1, -0.05) is 24.3 Å². The molecule has 0 radical (unpaired) electrons. The van der Waals surface area contributed by atoms with E-state index >= 15 is 0 Å². The maximum Gasteiger partial charge on any atom is 0.255 e. The molecule has 0 unspecified atom stereocenters. The minimum absolute atomic E-state index is 0.196. The minimum Gasteiger partial charge on any atom is -0.338 e. The quantitative estimate of drug-likeness (QED) is 0.267. The number of aromatic nitrogens is 7. The lowest BCUT2D eigenvalue weighted by atomic mass is 10.0. The van der Waals surface area contributed by atoms with Crippen molar-refractivity contribution in [3.05, 3.63) is 109 Å². The van der Waals surface area contributed by atoms with Gasteiger partial charge in [0.05, 0.1) is 17.6 Å². The molecule has 3 N–H and O–H groups in total. The highest BCUT2D eigenvalue weighted by atomic mass is 16.1. The number of anilines is 1. The van der Waals surface area contributed by atoms with Crippen LogP contribution in [0.3, 0.4) is 0 Å². The van der Waals surface area contributed by atoms with E-state index in [9.17, 15) is 4.79 Å². The Kier molecular flexibility index (Phi) is 5.37. The van der Waals surface area contributed by atoms with Gasteiger partial charge in [0, 0.05) is 64.0 Å². The molecular formula is C30H20N8O. The SMILES string of the molecule is O=C(Nc1cncc(-c2cnc3[nH]nc(-c4cc5c(-c6cccnc6)ccnc5[nH]4)c3c2)c1)c1ccccc1. The van der Waals surface area contributed by atoms with Crippen LogP contribution in [0.4, 0.5) is 5.69 Å². The first-order valence-corrected chi connectivity index (χ1v) is 12.3. The van der Waals surface area contributed by atoms with Crippen LogP contribution in [0.25, 0.3) is 55.7 Å². The third kappa shape index (κ3) is 4.17. The summed E-state index contributed by atoms with van der Waals surface area (Å²) in [7, 11) is 0. The molecule has 7 rings (SSSR count). The van der Waals surface area contributed by atoms with Crippen molar-refractivity contribution in [3.63, 3.8) is 0 Å². The first kappa shape index (κ1) is 22.5. The Morgan fingerprint density at radius 3 is 2.46 bits per heavy atom. The number of nitrogens with one attached hydrogen (secondary N) is 3. The van der Waals surface area contributed by atoms with E-state index in [2.05, 4.69) is 40.4 Å². The molecule has 6 heterocycles. The molecule has 9 nitrogen and oxygen atoms in total. The third-order valence-corrected chi connectivity index (χ3v) is 6.54. The molecule has 6 aromatic heterocycles. The van der Waals surface area contributed by atoms with E-state index in [4.69, 9.17) is 0 Å². The van der Waals surface area contributed by atoms with Crippen molar-refractivity contribution in [2.45, 2.75) is 0 Å². The highest BCUT2D eigenvalue weighted by Gasteiger charge is 2.16. The Hall–Kier alpha value is -5.70. The summed E-state index contributed by atoms with van der Waals surface area (Å²) < 4.78 is 0. The van der Waals surface area contributed by atoms with Gasteiger partial charge in [-0.05, 0) is 48.0 Å². The van der Waals surface area contributed by atoms with E-state index in [1.165, 1.54) is 0 Å². The molecule has 0 spiro atoms. The standard InChI is InChI=1S/C30H20N8O/c39-30(18-5-2-1-3-6-18)35-22-11-20(15-32-17-22)21-12-25-27(37-38-29(25)34-16-21)26-13-24-23(8-10-33-28(24)36-26)19-7-4-9-31-14-19/h1-17H,(H,33,36)(H,35,39)(H,34,37,38). The zero-order valence-electron chi connectivity index (χ0n) is 20.5. The van der Waals surface area contributed by atoms with Crippen molar-refractivity contribution >= 4 is 33.7 Å². The summed E-state index contributed by atoms with van der Waals surface area (Å²) in [6, 6.07) is 20.9. The van der Waals surface area contributed by atoms with Crippen molar-refractivity contribution in [2.75, 3.05) is 5.32 Å². The van der Waals surface area contributed by atoms with Crippen LogP contribution in [0.15, 0.2) is 104 Å². The number of hydrogen-bond acceptors (Lipinski definition) is 6. The lowest BCUT2D eigenvalue weighted by Crippen LogP contribution is -2.11. The second-order valence-corrected chi connectivity index (χ2v) is 9.02. The normalized spacial score (nSPS) is 11.2. The number of nitrogens with zero attached hydrogens (tertiary/aromatic N) is 5. The number of carbonyl (C=O) groups is 1. The molecular weight excluding hydrogens is 488 g/mol. The molecule has 0 saturated carbocycles. The first-order valence-electron chi connectivity index (χ1n) is 12.3. The predicted molar refractivity (Wildman–Crippen MR) is 150 cm³/mol. The lowest BCUT2D eigenvalue weighted by molar-refractivity contribution is 0.102. The molecule has 39 heavy (non-hydrogen) atoms. The number of amides is 1. The van der Waals surface area contributed by atoms with Crippen LogP contribution in [0.5, 0.6) is 0 Å². The van der Waals surface area contributed by atoms with Gasteiger partial charge in [0.2, 0.25) is 0 Å². The largest absolute Gasteiger partial charge is 0.338 e. The average molecular weight is 509 g/mol. The highest BCUT2D eigenvalue weighted by molar-refractivity contribution is 6.04. The van der Waals surface area contributed by atoms with Crippen LogP contribution in [0, 0.1) is 0 Å². The van der Waals surface area contributed by atoms with Gasteiger partial charge in [-0.15, -0.1) is 0 Å². The molecule has 0 aliphatic rings. The Labute approximate surface area is 222 Å². The zero-order valence-corrected chi connectivity index (χ0v) is 20.5. The van der Waals surface area contributed by atoms with Crippen LogP contribution in [-0.2, 0) is 0 Å². The second-order valence-electron chi connectivity index (χ2n) is 9.02. The van der Waals surface area contributed by atoms with Crippen molar-refractivity contribution in [3.8, 4) is 33.6 Å². The van der Waals surface area contributed by atoms with Gasteiger partial charge >= 0.3 is 0 Å². The first-order chi connectivity index (χ1) is 19.2. The average Bonchev–Trinajstić information content (AvgIpc) is 3.62. The molecule has 186 valence electrons. The van der Waals surface area contributed by atoms with Crippen molar-refractivity contribution < 1.29 is 4.79 Å². The number of pyridine rings is 4. The number of fused-ring (bicyclic) bond motifs is 2. The highest BCUT2D eigenvalue weighted by Crippen LogP contribution is 2.34. The molecule has 0 saturated heterocycles. The summed E-state index contributed by atoms with van der Waals surface area (Å²) in [5, 5.41) is 12.3. The van der Waals surface area contributed by atoms with Crippen LogP contribution in [0.2, 0.25) is 0 Å². The van der Waals surface area contributed by atoms with Crippen molar-refractivity contribution in [1.82, 2.24) is 35.1 Å². The molecule has 7 aromatic rings. The maximum absolute atomic E-state index is 12.6. The molecule has 0 aliphatic carbocycles. The van der Waals surface area contributed by atoms with Gasteiger partial charge in [-0.3, -0.25) is 19.9 Å². The number of hydrogen-bond donors (Lipinski definition) is 3. The molecule has 0 fully saturated rings. The Bertz CT molecular complexity index is 1960. The van der Waals surface area contributed by atoms with E-state index < -0.39 is 0 Å². The van der Waals surface area contributed by atoms with Gasteiger partial charge < -0.3 is 10.3 Å². The summed E-state index contributed by atoms with van der Waals surface area (Å²) in [6.07, 6.45) is 10.5. The van der Waals surface area contributed by atoms with Crippen LogP contribution in [0.1, 0.15) is 10.4 Å². The van der Waals surface area contributed by atoms with Gasteiger partial charge in [-0.25, -0.2) is 9.97 Å². The van der Waals surface area contributed by atoms with E-state index in [0.29, 0.717) is 16.9 Å². The number of H-pyrrole nitrogens is 2. The number of rotatable bonds is 5. The van der Waals surface area contributed by atoms with E-state index in [-0.39, 0.29) is 5.91 Å². The summed E-state index contributed by atoms with van der Waals surface area (Å²) in [5.41, 5.74) is 7.86. The van der Waals surface area contributed by atoms with Crippen LogP contribution in [-0.4, -0.2) is 41.0 Å². The lowest BCUT2D eigenvalue weighted by Gasteiger charge is -2.07. The fourth-order valence-corrected chi connectivity index (χ4v) is 4.65. The number of aromatic amines is 2. The molecule has 1 aromatic carbocycles. The third-order valence-electron chi connectivity index (χ3n) is 6.54. The Balaban J connectivity index is 1.25. The Morgan fingerprint density at radius 1 is 0.718 bits per heavy atom. The zero-order chi connectivity index (χ0) is 26.2. The van der Waals surface area contributed by atoms with Gasteiger partial charge in [-0.2, -0.15) is 5.10 Å². The monoisotopic (exact) mass is 508 g/mol. The van der Waals surface area contributed by atoms with Crippen LogP contribution < -0.4 is 5.32 Å². The molecule has 0 bridgehead atoms. The minimum atomic E-state index is -0.196.